The highest BCUT2D eigenvalue weighted by atomic mass is 32.2. The second kappa shape index (κ2) is 15.4. The maximum atomic E-state index is 15.2. The normalized spacial score (nSPS) is 19.9. The molecule has 3 aliphatic rings. The number of nitrogens with zero attached hydrogens (tertiary/aromatic N) is 5. The van der Waals surface area contributed by atoms with Crippen molar-refractivity contribution in [2.24, 2.45) is 11.8 Å². The third-order valence-corrected chi connectivity index (χ3v) is 12.1. The van der Waals surface area contributed by atoms with E-state index in [-0.39, 0.29) is 52.1 Å². The average Bonchev–Trinajstić information content (AvgIpc) is 3.42. The van der Waals surface area contributed by atoms with E-state index < -0.39 is 27.6 Å². The minimum Gasteiger partial charge on any atom is -0.497 e. The summed E-state index contributed by atoms with van der Waals surface area (Å²) in [6, 6.07) is 13.5. The Morgan fingerprint density at radius 1 is 0.942 bits per heavy atom. The van der Waals surface area contributed by atoms with Gasteiger partial charge in [0.15, 0.2) is 0 Å². The molecule has 4 heterocycles. The summed E-state index contributed by atoms with van der Waals surface area (Å²) in [5, 5.41) is 9.96. The fraction of sp³-hybridized carbons (Fsp3) is 0.474. The van der Waals surface area contributed by atoms with Gasteiger partial charge >= 0.3 is 6.09 Å². The van der Waals surface area contributed by atoms with Crippen LogP contribution in [0.3, 0.4) is 0 Å². The Hall–Kier alpha value is -4.87. The summed E-state index contributed by atoms with van der Waals surface area (Å²) in [5.74, 6) is 0.272. The molecule has 0 bridgehead atoms. The number of hydrogen-bond acceptors (Lipinski definition) is 11. The minimum absolute atomic E-state index is 0.00790. The highest BCUT2D eigenvalue weighted by Crippen LogP contribution is 2.52. The Balaban J connectivity index is 1.43. The van der Waals surface area contributed by atoms with Crippen LogP contribution >= 0.6 is 0 Å². The number of piperidine rings is 2. The number of carbonyl (C=O) groups excluding carboxylic acids is 2. The van der Waals surface area contributed by atoms with E-state index in [0.29, 0.717) is 35.0 Å². The monoisotopic (exact) mass is 731 g/mol. The van der Waals surface area contributed by atoms with Crippen LogP contribution in [0.15, 0.2) is 59.6 Å². The molecule has 0 spiro atoms. The van der Waals surface area contributed by atoms with Crippen molar-refractivity contribution >= 4 is 27.7 Å². The standard InChI is InChI=1S/C38H45N5O8S/c1-5-41-19-14-27(15-20-41)28-16-21-42(22-17-28)37(45)51-38(30-9-8-18-40-35(30)50-7-3)31-23-26(25-39)10-12-32(31)43(36(38)44)52(46,47)34-13-11-29(48-4)24-33(34)49-6-2/h8-13,18,23-24,27-28H,5-7,14-17,19-22H2,1-4H3. The van der Waals surface area contributed by atoms with Crippen molar-refractivity contribution in [3.63, 3.8) is 0 Å². The topological polar surface area (TPSA) is 152 Å². The van der Waals surface area contributed by atoms with Crippen LogP contribution in [0, 0.1) is 23.2 Å². The Labute approximate surface area is 305 Å². The van der Waals surface area contributed by atoms with Gasteiger partial charge in [-0.05, 0) is 113 Å². The highest BCUT2D eigenvalue weighted by molar-refractivity contribution is 7.93. The van der Waals surface area contributed by atoms with Crippen molar-refractivity contribution < 1.29 is 37.0 Å². The van der Waals surface area contributed by atoms with Gasteiger partial charge < -0.3 is 28.7 Å². The second-order valence-corrected chi connectivity index (χ2v) is 14.9. The predicted molar refractivity (Wildman–Crippen MR) is 192 cm³/mol. The van der Waals surface area contributed by atoms with E-state index in [4.69, 9.17) is 18.9 Å². The molecule has 3 aliphatic heterocycles. The van der Waals surface area contributed by atoms with Gasteiger partial charge in [0.25, 0.3) is 21.5 Å². The molecule has 0 radical (unpaired) electrons. The molecule has 1 unspecified atom stereocenters. The molecule has 0 aliphatic carbocycles. The summed E-state index contributed by atoms with van der Waals surface area (Å²) in [5.41, 5.74) is -2.32. The lowest BCUT2D eigenvalue weighted by atomic mass is 9.79. The number of anilines is 1. The molecule has 6 rings (SSSR count). The number of ether oxygens (including phenoxy) is 4. The fourth-order valence-corrected chi connectivity index (χ4v) is 9.25. The van der Waals surface area contributed by atoms with Gasteiger partial charge in [0.1, 0.15) is 16.4 Å². The fourth-order valence-electron chi connectivity index (χ4n) is 7.68. The van der Waals surface area contributed by atoms with Crippen LogP contribution in [0.4, 0.5) is 10.5 Å². The molecule has 0 N–H and O–H groups in total. The first-order valence-corrected chi connectivity index (χ1v) is 19.3. The molecule has 2 aromatic carbocycles. The average molecular weight is 732 g/mol. The SMILES string of the molecule is CCOc1cc(OC)ccc1S(=O)(=O)N1C(=O)C(OC(=O)N2CCC(C3CCN(CC)CC3)CC2)(c2cccnc2OCC)c2cc(C#N)ccc21. The van der Waals surface area contributed by atoms with Crippen molar-refractivity contribution in [3.8, 4) is 23.4 Å². The molecular weight excluding hydrogens is 687 g/mol. The number of hydrogen-bond donors (Lipinski definition) is 0. The molecule has 13 nitrogen and oxygen atoms in total. The Morgan fingerprint density at radius 2 is 1.63 bits per heavy atom. The van der Waals surface area contributed by atoms with E-state index >= 15 is 4.79 Å². The number of benzene rings is 2. The third kappa shape index (κ3) is 6.63. The summed E-state index contributed by atoms with van der Waals surface area (Å²) >= 11 is 0. The molecule has 1 aromatic heterocycles. The first-order chi connectivity index (χ1) is 25.1. The van der Waals surface area contributed by atoms with E-state index in [9.17, 15) is 18.5 Å². The van der Waals surface area contributed by atoms with Crippen molar-refractivity contribution in [1.82, 2.24) is 14.8 Å². The highest BCUT2D eigenvalue weighted by Gasteiger charge is 2.61. The van der Waals surface area contributed by atoms with Gasteiger partial charge in [0.2, 0.25) is 5.88 Å². The molecule has 2 fully saturated rings. The molecule has 0 saturated carbocycles. The lowest BCUT2D eigenvalue weighted by Gasteiger charge is -2.40. The summed E-state index contributed by atoms with van der Waals surface area (Å²) in [6.07, 6.45) is 4.51. The Kier molecular flexibility index (Phi) is 10.9. The Morgan fingerprint density at radius 3 is 2.27 bits per heavy atom. The van der Waals surface area contributed by atoms with Crippen molar-refractivity contribution in [2.75, 3.05) is 57.4 Å². The predicted octanol–water partition coefficient (Wildman–Crippen LogP) is 5.32. The molecule has 14 heteroatoms. The van der Waals surface area contributed by atoms with E-state index in [1.54, 1.807) is 24.8 Å². The molecule has 3 aromatic rings. The second-order valence-electron chi connectivity index (χ2n) is 13.1. The van der Waals surface area contributed by atoms with Crippen LogP contribution in [-0.4, -0.2) is 88.2 Å². The minimum atomic E-state index is -4.74. The van der Waals surface area contributed by atoms with Gasteiger partial charge in [0.05, 0.1) is 43.2 Å². The first-order valence-electron chi connectivity index (χ1n) is 17.9. The number of methoxy groups -OCH3 is 1. The number of rotatable bonds is 11. The van der Waals surface area contributed by atoms with E-state index in [1.165, 1.54) is 55.8 Å². The molecule has 52 heavy (non-hydrogen) atoms. The number of nitriles is 1. The van der Waals surface area contributed by atoms with Gasteiger partial charge in [0, 0.05) is 30.9 Å². The van der Waals surface area contributed by atoms with Gasteiger partial charge in [-0.3, -0.25) is 4.79 Å². The Bertz CT molecular complexity index is 1950. The van der Waals surface area contributed by atoms with Crippen molar-refractivity contribution in [3.05, 3.63) is 71.4 Å². The van der Waals surface area contributed by atoms with Crippen LogP contribution in [0.5, 0.6) is 17.4 Å². The van der Waals surface area contributed by atoms with E-state index in [2.05, 4.69) is 22.9 Å². The van der Waals surface area contributed by atoms with Crippen molar-refractivity contribution in [2.45, 2.75) is 57.0 Å². The smallest absolute Gasteiger partial charge is 0.411 e. The zero-order chi connectivity index (χ0) is 37.0. The van der Waals surface area contributed by atoms with Crippen molar-refractivity contribution in [1.29, 1.82) is 5.26 Å². The largest absolute Gasteiger partial charge is 0.497 e. The summed E-state index contributed by atoms with van der Waals surface area (Å²) in [7, 11) is -3.30. The number of amides is 2. The van der Waals surface area contributed by atoms with E-state index in [1.807, 2.05) is 0 Å². The van der Waals surface area contributed by atoms with Gasteiger partial charge in [-0.2, -0.15) is 9.57 Å². The molecular formula is C38H45N5O8S. The van der Waals surface area contributed by atoms with Crippen LogP contribution in [-0.2, 0) is 25.2 Å². The van der Waals surface area contributed by atoms with Gasteiger partial charge in [-0.25, -0.2) is 18.2 Å². The maximum absolute atomic E-state index is 15.2. The van der Waals surface area contributed by atoms with Crippen LogP contribution in [0.2, 0.25) is 0 Å². The van der Waals surface area contributed by atoms with Crippen LogP contribution < -0.4 is 18.5 Å². The van der Waals surface area contributed by atoms with Gasteiger partial charge in [-0.15, -0.1) is 0 Å². The zero-order valence-electron chi connectivity index (χ0n) is 30.0. The summed E-state index contributed by atoms with van der Waals surface area (Å²) in [6.45, 7) is 9.95. The number of carbonyl (C=O) groups is 2. The molecule has 1 atom stereocenters. The number of fused-ring (bicyclic) bond motifs is 1. The van der Waals surface area contributed by atoms with E-state index in [0.717, 1.165) is 45.3 Å². The number of sulfonamides is 1. The molecule has 276 valence electrons. The number of likely N-dealkylation sites (tertiary alicyclic amines) is 2. The quantitative estimate of drug-likeness (QED) is 0.252. The van der Waals surface area contributed by atoms with Crippen LogP contribution in [0.25, 0.3) is 0 Å². The summed E-state index contributed by atoms with van der Waals surface area (Å²) in [4.78, 5) is 37.6. The maximum Gasteiger partial charge on any atom is 0.411 e. The zero-order valence-corrected chi connectivity index (χ0v) is 30.9. The van der Waals surface area contributed by atoms with Crippen LogP contribution in [0.1, 0.15) is 63.1 Å². The first kappa shape index (κ1) is 36.9. The number of aromatic nitrogens is 1. The third-order valence-electron chi connectivity index (χ3n) is 10.4. The van der Waals surface area contributed by atoms with Gasteiger partial charge in [-0.1, -0.05) is 6.92 Å². The lowest BCUT2D eigenvalue weighted by Crippen LogP contribution is -2.50. The molecule has 2 amide bonds. The lowest BCUT2D eigenvalue weighted by molar-refractivity contribution is -0.132. The summed E-state index contributed by atoms with van der Waals surface area (Å²) < 4.78 is 53.3. The number of pyridine rings is 1. The molecule has 2 saturated heterocycles.